The van der Waals surface area contributed by atoms with Crippen LogP contribution in [-0.4, -0.2) is 29.2 Å². The molecule has 0 saturated carbocycles. The zero-order chi connectivity index (χ0) is 11.3. The topological polar surface area (TPSA) is 26.3 Å². The summed E-state index contributed by atoms with van der Waals surface area (Å²) in [5, 5.41) is 0. The largest absolute Gasteiger partial charge is 0.459 e. The number of halogens is 2. The Balaban J connectivity index is 2.45. The maximum Gasteiger partial charge on any atom is 0.356 e. The quantitative estimate of drug-likeness (QED) is 0.570. The van der Waals surface area contributed by atoms with Crippen molar-refractivity contribution in [3.63, 3.8) is 0 Å². The van der Waals surface area contributed by atoms with E-state index in [9.17, 15) is 9.18 Å². The molecule has 2 nitrogen and oxygen atoms in total. The molecule has 0 aromatic heterocycles. The van der Waals surface area contributed by atoms with Crippen molar-refractivity contribution in [3.8, 4) is 0 Å². The molecule has 0 aliphatic carbocycles. The summed E-state index contributed by atoms with van der Waals surface area (Å²) in [5.74, 6) is 1.38. The van der Waals surface area contributed by atoms with Crippen LogP contribution in [0.25, 0.3) is 0 Å². The second-order valence-electron chi connectivity index (χ2n) is 3.69. The molecule has 1 saturated heterocycles. The molecule has 1 aliphatic rings. The highest BCUT2D eigenvalue weighted by molar-refractivity contribution is 7.99. The van der Waals surface area contributed by atoms with Gasteiger partial charge in [-0.05, 0) is 24.3 Å². The van der Waals surface area contributed by atoms with Crippen LogP contribution in [0.1, 0.15) is 26.2 Å². The molecular formula is C10H16ClFO2S. The average molecular weight is 255 g/mol. The number of hydrogen-bond donors (Lipinski definition) is 0. The van der Waals surface area contributed by atoms with Crippen molar-refractivity contribution in [2.75, 3.05) is 11.5 Å². The van der Waals surface area contributed by atoms with Gasteiger partial charge in [0.25, 0.3) is 5.63 Å². The van der Waals surface area contributed by atoms with Gasteiger partial charge in [0.15, 0.2) is 0 Å². The molecule has 0 unspecified atom stereocenters. The van der Waals surface area contributed by atoms with Gasteiger partial charge in [0, 0.05) is 5.92 Å². The summed E-state index contributed by atoms with van der Waals surface area (Å²) >= 11 is 6.89. The van der Waals surface area contributed by atoms with Crippen molar-refractivity contribution in [2.45, 2.75) is 37.9 Å². The highest BCUT2D eigenvalue weighted by Gasteiger charge is 2.29. The van der Waals surface area contributed by atoms with Gasteiger partial charge >= 0.3 is 5.97 Å². The lowest BCUT2D eigenvalue weighted by molar-refractivity contribution is -0.154. The Morgan fingerprint density at radius 1 is 1.73 bits per heavy atom. The highest BCUT2D eigenvalue weighted by Crippen LogP contribution is 2.29. The van der Waals surface area contributed by atoms with E-state index < -0.39 is 11.6 Å². The summed E-state index contributed by atoms with van der Waals surface area (Å²) in [4.78, 5) is 11.0. The molecule has 0 aromatic rings. The van der Waals surface area contributed by atoms with Gasteiger partial charge in [-0.15, -0.1) is 0 Å². The maximum absolute atomic E-state index is 12.4. The van der Waals surface area contributed by atoms with E-state index in [-0.39, 0.29) is 6.10 Å². The van der Waals surface area contributed by atoms with Crippen LogP contribution < -0.4 is 0 Å². The molecule has 0 bridgehead atoms. The van der Waals surface area contributed by atoms with Crippen molar-refractivity contribution in [3.05, 3.63) is 0 Å². The van der Waals surface area contributed by atoms with Gasteiger partial charge in [-0.25, -0.2) is 9.18 Å². The third-order valence-electron chi connectivity index (χ3n) is 2.51. The van der Waals surface area contributed by atoms with E-state index in [2.05, 4.69) is 6.92 Å². The molecule has 1 aliphatic heterocycles. The van der Waals surface area contributed by atoms with Gasteiger partial charge in [0.05, 0.1) is 0 Å². The van der Waals surface area contributed by atoms with Gasteiger partial charge in [-0.3, -0.25) is 0 Å². The Labute approximate surface area is 98.9 Å². The zero-order valence-corrected chi connectivity index (χ0v) is 10.3. The minimum atomic E-state index is -2.03. The van der Waals surface area contributed by atoms with Gasteiger partial charge < -0.3 is 4.74 Å². The summed E-state index contributed by atoms with van der Waals surface area (Å²) in [5.41, 5.74) is -2.03. The Bertz CT molecular complexity index is 212. The van der Waals surface area contributed by atoms with E-state index in [0.29, 0.717) is 5.92 Å². The van der Waals surface area contributed by atoms with Crippen LogP contribution in [-0.2, 0) is 9.53 Å². The number of thioether (sulfide) groups is 1. The molecule has 1 fully saturated rings. The number of carbonyl (C=O) groups is 1. The normalized spacial score (nSPS) is 28.5. The lowest BCUT2D eigenvalue weighted by Crippen LogP contribution is -2.34. The first kappa shape index (κ1) is 13.1. The molecule has 1 rings (SSSR count). The lowest BCUT2D eigenvalue weighted by atomic mass is 9.96. The zero-order valence-electron chi connectivity index (χ0n) is 8.75. The number of esters is 1. The summed E-state index contributed by atoms with van der Waals surface area (Å²) in [6.45, 7) is 2.09. The first-order valence-corrected chi connectivity index (χ1v) is 6.80. The Morgan fingerprint density at radius 2 is 2.47 bits per heavy atom. The molecule has 0 N–H and O–H groups in total. The van der Waals surface area contributed by atoms with Crippen molar-refractivity contribution < 1.29 is 13.9 Å². The molecule has 3 atom stereocenters. The van der Waals surface area contributed by atoms with Crippen LogP contribution in [0.5, 0.6) is 0 Å². The SMILES string of the molecule is CCC[C@@H]1CSCC[C@@H]1OC(=O)[C@@H](F)Cl. The van der Waals surface area contributed by atoms with Crippen molar-refractivity contribution in [1.82, 2.24) is 0 Å². The van der Waals surface area contributed by atoms with Crippen LogP contribution in [0, 0.1) is 5.92 Å². The highest BCUT2D eigenvalue weighted by atomic mass is 35.5. The van der Waals surface area contributed by atoms with Crippen molar-refractivity contribution >= 4 is 29.3 Å². The molecular weight excluding hydrogens is 239 g/mol. The van der Waals surface area contributed by atoms with Gasteiger partial charge in [0.2, 0.25) is 0 Å². The minimum Gasteiger partial charge on any atom is -0.459 e. The number of alkyl halides is 2. The lowest BCUT2D eigenvalue weighted by Gasteiger charge is -2.30. The fourth-order valence-corrected chi connectivity index (χ4v) is 3.07. The van der Waals surface area contributed by atoms with Gasteiger partial charge in [-0.1, -0.05) is 24.9 Å². The van der Waals surface area contributed by atoms with Crippen LogP contribution in [0.15, 0.2) is 0 Å². The number of hydrogen-bond acceptors (Lipinski definition) is 3. The molecule has 5 heteroatoms. The second kappa shape index (κ2) is 6.59. The smallest absolute Gasteiger partial charge is 0.356 e. The number of ether oxygens (including phenoxy) is 1. The Hall–Kier alpha value is 0.0400. The predicted molar refractivity (Wildman–Crippen MR) is 61.0 cm³/mol. The van der Waals surface area contributed by atoms with Crippen LogP contribution >= 0.6 is 23.4 Å². The number of rotatable bonds is 4. The fraction of sp³-hybridized carbons (Fsp3) is 0.900. The third kappa shape index (κ3) is 4.19. The maximum atomic E-state index is 12.4. The van der Waals surface area contributed by atoms with Crippen molar-refractivity contribution in [2.24, 2.45) is 5.92 Å². The second-order valence-corrected chi connectivity index (χ2v) is 5.22. The van der Waals surface area contributed by atoms with Crippen LogP contribution in [0.2, 0.25) is 0 Å². The third-order valence-corrected chi connectivity index (χ3v) is 3.88. The predicted octanol–water partition coefficient (Wildman–Crippen LogP) is 2.99. The first-order chi connectivity index (χ1) is 7.15. The standard InChI is InChI=1S/C10H16ClFO2S/c1-2-3-7-6-15-5-4-8(7)14-10(13)9(11)12/h7-9H,2-6H2,1H3/t7-,8+,9-/m1/s1. The fourth-order valence-electron chi connectivity index (χ4n) is 1.77. The van der Waals surface area contributed by atoms with Crippen LogP contribution in [0.4, 0.5) is 4.39 Å². The van der Waals surface area contributed by atoms with E-state index in [1.54, 1.807) is 0 Å². The summed E-state index contributed by atoms with van der Waals surface area (Å²) in [6.07, 6.45) is 2.74. The van der Waals surface area contributed by atoms with E-state index >= 15 is 0 Å². The van der Waals surface area contributed by atoms with E-state index in [1.165, 1.54) is 0 Å². The molecule has 0 amide bonds. The van der Waals surface area contributed by atoms with E-state index in [4.69, 9.17) is 16.3 Å². The van der Waals surface area contributed by atoms with Crippen molar-refractivity contribution in [1.29, 1.82) is 0 Å². The molecule has 88 valence electrons. The molecule has 15 heavy (non-hydrogen) atoms. The first-order valence-electron chi connectivity index (χ1n) is 5.21. The molecule has 1 heterocycles. The Kier molecular flexibility index (Phi) is 5.75. The number of carbonyl (C=O) groups excluding carboxylic acids is 1. The minimum absolute atomic E-state index is 0.143. The van der Waals surface area contributed by atoms with Crippen LogP contribution in [0.3, 0.4) is 0 Å². The Morgan fingerprint density at radius 3 is 3.07 bits per heavy atom. The van der Waals surface area contributed by atoms with Gasteiger partial charge in [-0.2, -0.15) is 11.8 Å². The molecule has 0 aromatic carbocycles. The van der Waals surface area contributed by atoms with E-state index in [1.807, 2.05) is 11.8 Å². The monoisotopic (exact) mass is 254 g/mol. The summed E-state index contributed by atoms with van der Waals surface area (Å²) < 4.78 is 17.5. The van der Waals surface area contributed by atoms with Gasteiger partial charge in [0.1, 0.15) is 6.10 Å². The summed E-state index contributed by atoms with van der Waals surface area (Å²) in [6, 6.07) is 0. The average Bonchev–Trinajstić information content (AvgIpc) is 2.21. The molecule has 0 radical (unpaired) electrons. The summed E-state index contributed by atoms with van der Waals surface area (Å²) in [7, 11) is 0. The van der Waals surface area contributed by atoms with E-state index in [0.717, 1.165) is 30.8 Å². The molecule has 0 spiro atoms.